The number of amides is 1. The van der Waals surface area contributed by atoms with Crippen LogP contribution in [0.25, 0.3) is 0 Å². The summed E-state index contributed by atoms with van der Waals surface area (Å²) in [6, 6.07) is 8.60. The summed E-state index contributed by atoms with van der Waals surface area (Å²) in [4.78, 5) is 16.8. The van der Waals surface area contributed by atoms with Gasteiger partial charge in [0.15, 0.2) is 0 Å². The van der Waals surface area contributed by atoms with E-state index in [9.17, 15) is 4.79 Å². The predicted molar refractivity (Wildman–Crippen MR) is 102 cm³/mol. The van der Waals surface area contributed by atoms with Gasteiger partial charge in [-0.3, -0.25) is 9.69 Å². The Morgan fingerprint density at radius 2 is 2.12 bits per heavy atom. The van der Waals surface area contributed by atoms with E-state index >= 15 is 0 Å². The zero-order valence-corrected chi connectivity index (χ0v) is 15.9. The summed E-state index contributed by atoms with van der Waals surface area (Å²) in [6.07, 6.45) is 1.73. The molecule has 1 amide bonds. The number of benzene rings is 1. The summed E-state index contributed by atoms with van der Waals surface area (Å²) in [7, 11) is 0. The monoisotopic (exact) mass is 372 g/mol. The zero-order valence-electron chi connectivity index (χ0n) is 15.0. The van der Waals surface area contributed by atoms with Crippen LogP contribution >= 0.6 is 11.8 Å². The van der Waals surface area contributed by atoms with E-state index in [1.165, 1.54) is 22.9 Å². The molecule has 1 aliphatic rings. The van der Waals surface area contributed by atoms with Gasteiger partial charge in [0.2, 0.25) is 11.1 Å². The van der Waals surface area contributed by atoms with Gasteiger partial charge >= 0.3 is 0 Å². The molecule has 26 heavy (non-hydrogen) atoms. The summed E-state index contributed by atoms with van der Waals surface area (Å²) in [5, 5.41) is 12.1. The summed E-state index contributed by atoms with van der Waals surface area (Å²) >= 11 is 1.37. The van der Waals surface area contributed by atoms with Crippen molar-refractivity contribution in [1.29, 1.82) is 0 Å². The number of tetrazole rings is 1. The lowest BCUT2D eigenvalue weighted by Gasteiger charge is -2.34. The van der Waals surface area contributed by atoms with Crippen molar-refractivity contribution in [2.24, 2.45) is 0 Å². The molecule has 2 aromatic rings. The van der Waals surface area contributed by atoms with Crippen LogP contribution in [0.2, 0.25) is 0 Å². The quantitative estimate of drug-likeness (QED) is 0.543. The number of aryl methyl sites for hydroxylation is 1. The minimum atomic E-state index is 0.137. The van der Waals surface area contributed by atoms with Crippen molar-refractivity contribution in [2.75, 3.05) is 31.9 Å². The molecule has 138 valence electrons. The van der Waals surface area contributed by atoms with Crippen molar-refractivity contribution < 1.29 is 4.79 Å². The van der Waals surface area contributed by atoms with Crippen LogP contribution in [0, 0.1) is 6.92 Å². The molecule has 7 nitrogen and oxygen atoms in total. The molecular weight excluding hydrogens is 348 g/mol. The lowest BCUT2D eigenvalue weighted by molar-refractivity contribution is -0.130. The van der Waals surface area contributed by atoms with Crippen molar-refractivity contribution in [1.82, 2.24) is 30.0 Å². The summed E-state index contributed by atoms with van der Waals surface area (Å²) < 4.78 is 1.64. The van der Waals surface area contributed by atoms with Gasteiger partial charge in [0.25, 0.3) is 0 Å². The highest BCUT2D eigenvalue weighted by Crippen LogP contribution is 2.16. The second-order valence-electron chi connectivity index (χ2n) is 6.37. The Hall–Kier alpha value is -2.19. The number of rotatable bonds is 7. The standard InChI is InChI=1S/C18H24N6OS/c1-3-7-24-18(19-20-21-24)26-14-17(25)23-10-8-22(9-11-23)13-16-6-4-5-15(2)12-16/h3-6,12H,1,7-11,13-14H2,2H3. The Bertz CT molecular complexity index is 754. The van der Waals surface area contributed by atoms with E-state index in [2.05, 4.69) is 58.2 Å². The second kappa shape index (κ2) is 8.95. The lowest BCUT2D eigenvalue weighted by atomic mass is 10.1. The summed E-state index contributed by atoms with van der Waals surface area (Å²) in [5.74, 6) is 0.494. The molecule has 0 N–H and O–H groups in total. The molecule has 0 unspecified atom stereocenters. The highest BCUT2D eigenvalue weighted by molar-refractivity contribution is 7.99. The summed E-state index contributed by atoms with van der Waals surface area (Å²) in [6.45, 7) is 10.6. The van der Waals surface area contributed by atoms with Gasteiger partial charge in [-0.1, -0.05) is 47.7 Å². The molecule has 0 aliphatic carbocycles. The Labute approximate surface area is 158 Å². The van der Waals surface area contributed by atoms with E-state index < -0.39 is 0 Å². The van der Waals surface area contributed by atoms with Crippen LogP contribution in [0.1, 0.15) is 11.1 Å². The Balaban J connectivity index is 1.44. The fourth-order valence-electron chi connectivity index (χ4n) is 2.98. The third kappa shape index (κ3) is 4.92. The van der Waals surface area contributed by atoms with Gasteiger partial charge in [0.05, 0.1) is 12.3 Å². The first-order valence-corrected chi connectivity index (χ1v) is 9.70. The van der Waals surface area contributed by atoms with Crippen LogP contribution < -0.4 is 0 Å². The van der Waals surface area contributed by atoms with E-state index in [-0.39, 0.29) is 5.91 Å². The topological polar surface area (TPSA) is 67.2 Å². The number of allylic oxidation sites excluding steroid dienone is 1. The number of carbonyl (C=O) groups excluding carboxylic acids is 1. The average Bonchev–Trinajstić information content (AvgIpc) is 3.08. The Kier molecular flexibility index (Phi) is 6.40. The third-order valence-corrected chi connectivity index (χ3v) is 5.28. The SMILES string of the molecule is C=CCn1nnnc1SCC(=O)N1CCN(Cc2cccc(C)c2)CC1. The number of hydrogen-bond donors (Lipinski definition) is 0. The smallest absolute Gasteiger partial charge is 0.233 e. The minimum absolute atomic E-state index is 0.137. The average molecular weight is 372 g/mol. The molecule has 0 atom stereocenters. The Morgan fingerprint density at radius 3 is 2.85 bits per heavy atom. The van der Waals surface area contributed by atoms with Gasteiger partial charge in [-0.2, -0.15) is 0 Å². The molecule has 3 rings (SSSR count). The van der Waals surface area contributed by atoms with Gasteiger partial charge in [0, 0.05) is 32.7 Å². The van der Waals surface area contributed by atoms with Crippen molar-refractivity contribution in [2.45, 2.75) is 25.2 Å². The maximum Gasteiger partial charge on any atom is 0.233 e. The molecule has 0 radical (unpaired) electrons. The van der Waals surface area contributed by atoms with Crippen LogP contribution in [-0.4, -0.2) is 67.8 Å². The van der Waals surface area contributed by atoms with Crippen LogP contribution in [0.5, 0.6) is 0 Å². The molecule has 0 bridgehead atoms. The molecule has 1 saturated heterocycles. The van der Waals surface area contributed by atoms with E-state index in [1.807, 2.05) is 4.90 Å². The molecule has 1 aromatic carbocycles. The number of carbonyl (C=O) groups is 1. The number of nitrogens with zero attached hydrogens (tertiary/aromatic N) is 6. The predicted octanol–water partition coefficient (Wildman–Crippen LogP) is 1.60. The molecule has 2 heterocycles. The van der Waals surface area contributed by atoms with E-state index in [4.69, 9.17) is 0 Å². The first-order valence-electron chi connectivity index (χ1n) is 8.71. The number of hydrogen-bond acceptors (Lipinski definition) is 6. The van der Waals surface area contributed by atoms with Crippen molar-refractivity contribution in [3.63, 3.8) is 0 Å². The van der Waals surface area contributed by atoms with Crippen molar-refractivity contribution in [3.8, 4) is 0 Å². The third-order valence-electron chi connectivity index (χ3n) is 4.34. The van der Waals surface area contributed by atoms with Gasteiger partial charge in [0.1, 0.15) is 0 Å². The first-order chi connectivity index (χ1) is 12.7. The minimum Gasteiger partial charge on any atom is -0.339 e. The largest absolute Gasteiger partial charge is 0.339 e. The van der Waals surface area contributed by atoms with E-state index in [0.29, 0.717) is 17.5 Å². The highest BCUT2D eigenvalue weighted by Gasteiger charge is 2.21. The van der Waals surface area contributed by atoms with E-state index in [0.717, 1.165) is 32.7 Å². The number of aromatic nitrogens is 4. The van der Waals surface area contributed by atoms with Gasteiger partial charge in [-0.25, -0.2) is 4.68 Å². The fraction of sp³-hybridized carbons (Fsp3) is 0.444. The van der Waals surface area contributed by atoms with Crippen LogP contribution in [0.3, 0.4) is 0 Å². The van der Waals surface area contributed by atoms with Gasteiger partial charge in [-0.15, -0.1) is 11.7 Å². The molecule has 8 heteroatoms. The van der Waals surface area contributed by atoms with Crippen molar-refractivity contribution in [3.05, 3.63) is 48.0 Å². The normalized spacial score (nSPS) is 15.2. The molecule has 0 spiro atoms. The number of thioether (sulfide) groups is 1. The highest BCUT2D eigenvalue weighted by atomic mass is 32.2. The molecular formula is C18H24N6OS. The molecule has 1 aliphatic heterocycles. The first kappa shape index (κ1) is 18.6. The van der Waals surface area contributed by atoms with Gasteiger partial charge < -0.3 is 4.90 Å². The fourth-order valence-corrected chi connectivity index (χ4v) is 3.77. The van der Waals surface area contributed by atoms with Gasteiger partial charge in [-0.05, 0) is 22.9 Å². The molecule has 0 saturated carbocycles. The van der Waals surface area contributed by atoms with E-state index in [1.54, 1.807) is 10.8 Å². The molecule has 1 aromatic heterocycles. The second-order valence-corrected chi connectivity index (χ2v) is 7.31. The lowest BCUT2D eigenvalue weighted by Crippen LogP contribution is -2.48. The van der Waals surface area contributed by atoms with Crippen LogP contribution in [0.15, 0.2) is 42.1 Å². The maximum atomic E-state index is 12.5. The maximum absolute atomic E-state index is 12.5. The van der Waals surface area contributed by atoms with Crippen molar-refractivity contribution >= 4 is 17.7 Å². The molecule has 1 fully saturated rings. The van der Waals surface area contributed by atoms with Crippen LogP contribution in [-0.2, 0) is 17.9 Å². The Morgan fingerprint density at radius 1 is 1.31 bits per heavy atom. The zero-order chi connectivity index (χ0) is 18.4. The number of piperazine rings is 1. The summed E-state index contributed by atoms with van der Waals surface area (Å²) in [5.41, 5.74) is 2.61. The van der Waals surface area contributed by atoms with Crippen LogP contribution in [0.4, 0.5) is 0 Å².